The third kappa shape index (κ3) is 1.96. The number of ether oxygens (including phenoxy) is 2. The van der Waals surface area contributed by atoms with E-state index in [1.54, 1.807) is 0 Å². The van der Waals surface area contributed by atoms with Crippen LogP contribution >= 0.6 is 0 Å². The molecule has 0 bridgehead atoms. The first-order valence-corrected chi connectivity index (χ1v) is 3.93. The Morgan fingerprint density at radius 3 is 2.50 bits per heavy atom. The Morgan fingerprint density at radius 2 is 2.10 bits per heavy atom. The van der Waals surface area contributed by atoms with Gasteiger partial charge in [-0.25, -0.2) is 0 Å². The highest BCUT2D eigenvalue weighted by molar-refractivity contribution is 4.72. The van der Waals surface area contributed by atoms with Crippen LogP contribution in [0.1, 0.15) is 20.8 Å². The number of rotatable bonds is 2. The molecule has 0 aromatic rings. The second-order valence-corrected chi connectivity index (χ2v) is 3.24. The molecule has 1 saturated heterocycles. The Labute approximate surface area is 62.5 Å². The zero-order valence-corrected chi connectivity index (χ0v) is 6.96. The summed E-state index contributed by atoms with van der Waals surface area (Å²) in [6.45, 7) is 7.92. The maximum Gasteiger partial charge on any atom is 0.0859 e. The molecule has 60 valence electrons. The Bertz CT molecular complexity index is 101. The molecular weight excluding hydrogens is 128 g/mol. The van der Waals surface area contributed by atoms with Crippen molar-refractivity contribution in [1.29, 1.82) is 0 Å². The highest BCUT2D eigenvalue weighted by atomic mass is 16.6. The van der Waals surface area contributed by atoms with Gasteiger partial charge in [-0.05, 0) is 13.8 Å². The molecule has 2 heteroatoms. The van der Waals surface area contributed by atoms with Crippen LogP contribution in [0.2, 0.25) is 0 Å². The van der Waals surface area contributed by atoms with Crippen LogP contribution < -0.4 is 0 Å². The predicted molar refractivity (Wildman–Crippen MR) is 40.0 cm³/mol. The first-order chi connectivity index (χ1) is 4.70. The van der Waals surface area contributed by atoms with Crippen LogP contribution in [0.3, 0.4) is 0 Å². The molecular formula is C8H16O2. The van der Waals surface area contributed by atoms with Crippen LogP contribution in [0.15, 0.2) is 0 Å². The molecule has 2 atom stereocenters. The van der Waals surface area contributed by atoms with Crippen molar-refractivity contribution in [3.8, 4) is 0 Å². The summed E-state index contributed by atoms with van der Waals surface area (Å²) in [5.41, 5.74) is 0. The highest BCUT2D eigenvalue weighted by Gasteiger charge is 2.25. The molecule has 10 heavy (non-hydrogen) atoms. The maximum atomic E-state index is 5.60. The molecule has 2 unspecified atom stereocenters. The van der Waals surface area contributed by atoms with Gasteiger partial charge in [0.15, 0.2) is 0 Å². The van der Waals surface area contributed by atoms with Gasteiger partial charge in [0, 0.05) is 5.92 Å². The van der Waals surface area contributed by atoms with Crippen molar-refractivity contribution >= 4 is 0 Å². The maximum absolute atomic E-state index is 5.60. The molecule has 1 fully saturated rings. The first kappa shape index (κ1) is 8.02. The minimum atomic E-state index is 0.328. The van der Waals surface area contributed by atoms with Crippen molar-refractivity contribution < 1.29 is 9.47 Å². The Kier molecular flexibility index (Phi) is 2.69. The molecule has 0 aliphatic carbocycles. The van der Waals surface area contributed by atoms with E-state index in [0.29, 0.717) is 18.1 Å². The molecule has 0 amide bonds. The smallest absolute Gasteiger partial charge is 0.0859 e. The first-order valence-electron chi connectivity index (χ1n) is 3.93. The van der Waals surface area contributed by atoms with Crippen molar-refractivity contribution in [3.05, 3.63) is 0 Å². The third-order valence-corrected chi connectivity index (χ3v) is 1.74. The van der Waals surface area contributed by atoms with E-state index in [0.717, 1.165) is 13.2 Å². The van der Waals surface area contributed by atoms with Crippen LogP contribution in [0, 0.1) is 5.92 Å². The van der Waals surface area contributed by atoms with Crippen LogP contribution in [0.4, 0.5) is 0 Å². The summed E-state index contributed by atoms with van der Waals surface area (Å²) in [6, 6.07) is 0. The van der Waals surface area contributed by atoms with Crippen molar-refractivity contribution in [2.24, 2.45) is 5.92 Å². The second-order valence-electron chi connectivity index (χ2n) is 3.24. The van der Waals surface area contributed by atoms with Gasteiger partial charge in [0.1, 0.15) is 0 Å². The fourth-order valence-corrected chi connectivity index (χ4v) is 1.16. The van der Waals surface area contributed by atoms with Crippen molar-refractivity contribution in [2.75, 3.05) is 13.2 Å². The average Bonchev–Trinajstić information content (AvgIpc) is 2.15. The van der Waals surface area contributed by atoms with Gasteiger partial charge in [-0.1, -0.05) is 6.92 Å². The predicted octanol–water partition coefficient (Wildman–Crippen LogP) is 1.45. The molecule has 0 aromatic carbocycles. The van der Waals surface area contributed by atoms with Crippen molar-refractivity contribution in [3.63, 3.8) is 0 Å². The molecule has 1 aliphatic rings. The van der Waals surface area contributed by atoms with E-state index in [9.17, 15) is 0 Å². The van der Waals surface area contributed by atoms with E-state index >= 15 is 0 Å². The Hall–Kier alpha value is -0.0800. The molecule has 0 aromatic heterocycles. The lowest BCUT2D eigenvalue weighted by atomic mass is 10.1. The SMILES string of the molecule is CC(C)OC1COCC1C. The molecule has 0 spiro atoms. The summed E-state index contributed by atoms with van der Waals surface area (Å²) >= 11 is 0. The molecule has 2 nitrogen and oxygen atoms in total. The third-order valence-electron chi connectivity index (χ3n) is 1.74. The Balaban J connectivity index is 2.26. The summed E-state index contributed by atoms with van der Waals surface area (Å²) in [4.78, 5) is 0. The quantitative estimate of drug-likeness (QED) is 0.584. The van der Waals surface area contributed by atoms with E-state index < -0.39 is 0 Å². The number of hydrogen-bond donors (Lipinski definition) is 0. The topological polar surface area (TPSA) is 18.5 Å². The van der Waals surface area contributed by atoms with Gasteiger partial charge in [-0.15, -0.1) is 0 Å². The van der Waals surface area contributed by atoms with Crippen LogP contribution in [0.25, 0.3) is 0 Å². The van der Waals surface area contributed by atoms with E-state index in [-0.39, 0.29) is 0 Å². The minimum Gasteiger partial charge on any atom is -0.378 e. The number of hydrogen-bond acceptors (Lipinski definition) is 2. The fraction of sp³-hybridized carbons (Fsp3) is 1.00. The summed E-state index contributed by atoms with van der Waals surface area (Å²) < 4.78 is 10.8. The van der Waals surface area contributed by atoms with Gasteiger partial charge in [0.2, 0.25) is 0 Å². The van der Waals surface area contributed by atoms with Crippen LogP contribution in [-0.2, 0) is 9.47 Å². The molecule has 0 saturated carbocycles. The zero-order valence-electron chi connectivity index (χ0n) is 6.96. The van der Waals surface area contributed by atoms with E-state index in [1.807, 2.05) is 0 Å². The minimum absolute atomic E-state index is 0.328. The van der Waals surface area contributed by atoms with Crippen molar-refractivity contribution in [1.82, 2.24) is 0 Å². The van der Waals surface area contributed by atoms with Crippen LogP contribution in [0.5, 0.6) is 0 Å². The lowest BCUT2D eigenvalue weighted by Crippen LogP contribution is -2.23. The Morgan fingerprint density at radius 1 is 1.40 bits per heavy atom. The molecule has 1 heterocycles. The summed E-state index contributed by atoms with van der Waals surface area (Å²) in [6.07, 6.45) is 0.661. The normalized spacial score (nSPS) is 33.6. The fourth-order valence-electron chi connectivity index (χ4n) is 1.16. The monoisotopic (exact) mass is 144 g/mol. The standard InChI is InChI=1S/C8H16O2/c1-6(2)10-8-5-9-4-7(8)3/h6-8H,4-5H2,1-3H3. The van der Waals surface area contributed by atoms with Gasteiger partial charge in [-0.3, -0.25) is 0 Å². The van der Waals surface area contributed by atoms with E-state index in [2.05, 4.69) is 20.8 Å². The van der Waals surface area contributed by atoms with Gasteiger partial charge in [0.25, 0.3) is 0 Å². The van der Waals surface area contributed by atoms with E-state index in [1.165, 1.54) is 0 Å². The largest absolute Gasteiger partial charge is 0.378 e. The molecule has 0 radical (unpaired) electrons. The average molecular weight is 144 g/mol. The highest BCUT2D eigenvalue weighted by Crippen LogP contribution is 2.17. The van der Waals surface area contributed by atoms with Crippen LogP contribution in [-0.4, -0.2) is 25.4 Å². The molecule has 1 rings (SSSR count). The molecule has 1 aliphatic heterocycles. The van der Waals surface area contributed by atoms with Gasteiger partial charge in [-0.2, -0.15) is 0 Å². The second kappa shape index (κ2) is 3.35. The summed E-state index contributed by atoms with van der Waals surface area (Å²) in [7, 11) is 0. The van der Waals surface area contributed by atoms with Gasteiger partial charge >= 0.3 is 0 Å². The summed E-state index contributed by atoms with van der Waals surface area (Å²) in [5, 5.41) is 0. The zero-order chi connectivity index (χ0) is 7.56. The lowest BCUT2D eigenvalue weighted by Gasteiger charge is -2.16. The van der Waals surface area contributed by atoms with Crippen molar-refractivity contribution in [2.45, 2.75) is 33.0 Å². The van der Waals surface area contributed by atoms with Gasteiger partial charge < -0.3 is 9.47 Å². The summed E-state index contributed by atoms with van der Waals surface area (Å²) in [5.74, 6) is 0.572. The van der Waals surface area contributed by atoms with Gasteiger partial charge in [0.05, 0.1) is 25.4 Å². The molecule has 0 N–H and O–H groups in total. The lowest BCUT2D eigenvalue weighted by molar-refractivity contribution is -0.0108. The van der Waals surface area contributed by atoms with E-state index in [4.69, 9.17) is 9.47 Å².